The molecule has 0 fully saturated rings. The molecule has 2 rings (SSSR count). The fourth-order valence-electron chi connectivity index (χ4n) is 1.44. The molecule has 0 atom stereocenters. The standard InChI is InChI=1S/C13H10FO/c14-12-9-11(6-7-13(12)15)8-10-4-2-1-3-5-10/h2-7,9,15H,8H2. The lowest BCUT2D eigenvalue weighted by atomic mass is 10.1. The van der Waals surface area contributed by atoms with E-state index in [9.17, 15) is 4.39 Å². The molecule has 0 heterocycles. The maximum absolute atomic E-state index is 13.0. The third kappa shape index (κ3) is 2.34. The van der Waals surface area contributed by atoms with Crippen molar-refractivity contribution in [3.8, 4) is 5.75 Å². The SMILES string of the molecule is Oc1ccc(Cc2cc[c]cc2)cc1F. The van der Waals surface area contributed by atoms with Crippen molar-refractivity contribution >= 4 is 0 Å². The lowest BCUT2D eigenvalue weighted by Crippen LogP contribution is -1.88. The Morgan fingerprint density at radius 1 is 1.07 bits per heavy atom. The summed E-state index contributed by atoms with van der Waals surface area (Å²) in [5.41, 5.74) is 1.94. The smallest absolute Gasteiger partial charge is 0.165 e. The summed E-state index contributed by atoms with van der Waals surface area (Å²) in [6.07, 6.45) is 0.659. The van der Waals surface area contributed by atoms with Crippen LogP contribution in [0.25, 0.3) is 0 Å². The van der Waals surface area contributed by atoms with Crippen LogP contribution >= 0.6 is 0 Å². The Hall–Kier alpha value is -1.83. The van der Waals surface area contributed by atoms with Crippen molar-refractivity contribution in [2.75, 3.05) is 0 Å². The number of rotatable bonds is 2. The van der Waals surface area contributed by atoms with Gasteiger partial charge in [-0.2, -0.15) is 0 Å². The Labute approximate surface area is 87.8 Å². The largest absolute Gasteiger partial charge is 0.505 e. The molecule has 1 nitrogen and oxygen atoms in total. The van der Waals surface area contributed by atoms with Crippen LogP contribution in [0.15, 0.2) is 42.5 Å². The molecule has 0 bridgehead atoms. The maximum atomic E-state index is 13.0. The van der Waals surface area contributed by atoms with Crippen molar-refractivity contribution in [2.24, 2.45) is 0 Å². The predicted octanol–water partition coefficient (Wildman–Crippen LogP) is 2.92. The molecule has 2 aromatic carbocycles. The van der Waals surface area contributed by atoms with E-state index in [1.165, 1.54) is 12.1 Å². The zero-order valence-electron chi connectivity index (χ0n) is 8.07. The molecule has 0 saturated carbocycles. The van der Waals surface area contributed by atoms with Crippen molar-refractivity contribution in [1.82, 2.24) is 0 Å². The fraction of sp³-hybridized carbons (Fsp3) is 0.0769. The number of aromatic hydroxyl groups is 1. The molecule has 2 heteroatoms. The molecule has 15 heavy (non-hydrogen) atoms. The molecule has 0 aromatic heterocycles. The number of phenols is 1. The van der Waals surface area contributed by atoms with Crippen LogP contribution in [0, 0.1) is 11.9 Å². The van der Waals surface area contributed by atoms with Gasteiger partial charge in [0.2, 0.25) is 0 Å². The van der Waals surface area contributed by atoms with Crippen molar-refractivity contribution in [3.63, 3.8) is 0 Å². The molecule has 1 N–H and O–H groups in total. The molecular formula is C13H10FO. The van der Waals surface area contributed by atoms with E-state index in [0.29, 0.717) is 6.42 Å². The topological polar surface area (TPSA) is 20.2 Å². The first-order valence-electron chi connectivity index (χ1n) is 4.68. The predicted molar refractivity (Wildman–Crippen MR) is 56.1 cm³/mol. The van der Waals surface area contributed by atoms with Gasteiger partial charge in [-0.15, -0.1) is 0 Å². The summed E-state index contributed by atoms with van der Waals surface area (Å²) in [5, 5.41) is 9.03. The van der Waals surface area contributed by atoms with Crippen molar-refractivity contribution < 1.29 is 9.50 Å². The van der Waals surface area contributed by atoms with Crippen molar-refractivity contribution in [3.05, 3.63) is 65.5 Å². The quantitative estimate of drug-likeness (QED) is 0.792. The van der Waals surface area contributed by atoms with Gasteiger partial charge >= 0.3 is 0 Å². The minimum absolute atomic E-state index is 0.305. The molecule has 0 saturated heterocycles. The number of hydrogen-bond donors (Lipinski definition) is 1. The Bertz CT molecular complexity index is 451. The molecule has 0 spiro atoms. The van der Waals surface area contributed by atoms with E-state index in [-0.39, 0.29) is 5.75 Å². The first kappa shape index (κ1) is 9.71. The highest BCUT2D eigenvalue weighted by molar-refractivity contribution is 5.31. The van der Waals surface area contributed by atoms with Crippen molar-refractivity contribution in [2.45, 2.75) is 6.42 Å². The van der Waals surface area contributed by atoms with Crippen LogP contribution in [0.1, 0.15) is 11.1 Å². The van der Waals surface area contributed by atoms with Gasteiger partial charge in [-0.3, -0.25) is 0 Å². The molecule has 2 aromatic rings. The molecule has 0 aliphatic carbocycles. The Morgan fingerprint density at radius 2 is 1.80 bits per heavy atom. The van der Waals surface area contributed by atoms with Crippen LogP contribution in [0.4, 0.5) is 4.39 Å². The van der Waals surface area contributed by atoms with Gasteiger partial charge in [0.15, 0.2) is 11.6 Å². The number of benzene rings is 2. The lowest BCUT2D eigenvalue weighted by Gasteiger charge is -2.02. The summed E-state index contributed by atoms with van der Waals surface area (Å²) in [7, 11) is 0. The molecule has 0 aliphatic rings. The summed E-state index contributed by atoms with van der Waals surface area (Å²) >= 11 is 0. The third-order valence-corrected chi connectivity index (χ3v) is 2.21. The van der Waals surface area contributed by atoms with Gasteiger partial charge in [0.1, 0.15) is 0 Å². The first-order chi connectivity index (χ1) is 7.25. The zero-order chi connectivity index (χ0) is 10.7. The molecule has 0 unspecified atom stereocenters. The van der Waals surface area contributed by atoms with Crippen molar-refractivity contribution in [1.29, 1.82) is 0 Å². The average molecular weight is 201 g/mol. The van der Waals surface area contributed by atoms with Gasteiger partial charge in [-0.25, -0.2) is 4.39 Å². The minimum Gasteiger partial charge on any atom is -0.505 e. The molecule has 75 valence electrons. The average Bonchev–Trinajstić information content (AvgIpc) is 2.25. The summed E-state index contributed by atoms with van der Waals surface area (Å²) in [6, 6.07) is 14.9. The summed E-state index contributed by atoms with van der Waals surface area (Å²) in [5.74, 6) is -0.880. The third-order valence-electron chi connectivity index (χ3n) is 2.21. The van der Waals surface area contributed by atoms with Crippen LogP contribution in [-0.2, 0) is 6.42 Å². The normalized spacial score (nSPS) is 10.2. The van der Waals surface area contributed by atoms with Gasteiger partial charge in [0, 0.05) is 0 Å². The summed E-state index contributed by atoms with van der Waals surface area (Å²) in [4.78, 5) is 0. The van der Waals surface area contributed by atoms with Crippen LogP contribution in [0.5, 0.6) is 5.75 Å². The van der Waals surface area contributed by atoms with Crippen LogP contribution in [-0.4, -0.2) is 5.11 Å². The second kappa shape index (κ2) is 4.13. The highest BCUT2D eigenvalue weighted by atomic mass is 19.1. The minimum atomic E-state index is -0.574. The lowest BCUT2D eigenvalue weighted by molar-refractivity contribution is 0.432. The number of hydrogen-bond acceptors (Lipinski definition) is 1. The molecule has 1 radical (unpaired) electrons. The van der Waals surface area contributed by atoms with Crippen LogP contribution < -0.4 is 0 Å². The highest BCUT2D eigenvalue weighted by Gasteiger charge is 2.01. The number of phenolic OH excluding ortho intramolecular Hbond substituents is 1. The van der Waals surface area contributed by atoms with Gasteiger partial charge in [0.05, 0.1) is 0 Å². The van der Waals surface area contributed by atoms with E-state index in [2.05, 4.69) is 6.07 Å². The maximum Gasteiger partial charge on any atom is 0.165 e. The first-order valence-corrected chi connectivity index (χ1v) is 4.68. The zero-order valence-corrected chi connectivity index (χ0v) is 8.07. The van der Waals surface area contributed by atoms with E-state index >= 15 is 0 Å². The molecule has 0 amide bonds. The Kier molecular flexibility index (Phi) is 2.68. The second-order valence-electron chi connectivity index (χ2n) is 3.37. The molecular weight excluding hydrogens is 191 g/mol. The van der Waals surface area contributed by atoms with Gasteiger partial charge in [-0.1, -0.05) is 30.3 Å². The second-order valence-corrected chi connectivity index (χ2v) is 3.37. The summed E-state index contributed by atoms with van der Waals surface area (Å²) < 4.78 is 13.0. The van der Waals surface area contributed by atoms with E-state index in [1.54, 1.807) is 6.07 Å². The molecule has 0 aliphatic heterocycles. The monoisotopic (exact) mass is 201 g/mol. The number of halogens is 1. The summed E-state index contributed by atoms with van der Waals surface area (Å²) in [6.45, 7) is 0. The van der Waals surface area contributed by atoms with Gasteiger partial charge in [0.25, 0.3) is 0 Å². The van der Waals surface area contributed by atoms with Gasteiger partial charge < -0.3 is 5.11 Å². The Morgan fingerprint density at radius 3 is 2.47 bits per heavy atom. The van der Waals surface area contributed by atoms with E-state index in [0.717, 1.165) is 11.1 Å². The van der Waals surface area contributed by atoms with E-state index in [4.69, 9.17) is 5.11 Å². The van der Waals surface area contributed by atoms with Crippen LogP contribution in [0.2, 0.25) is 0 Å². The Balaban J connectivity index is 2.22. The van der Waals surface area contributed by atoms with Gasteiger partial charge in [-0.05, 0) is 35.7 Å². The van der Waals surface area contributed by atoms with E-state index in [1.807, 2.05) is 24.3 Å². The fourth-order valence-corrected chi connectivity index (χ4v) is 1.44. The van der Waals surface area contributed by atoms with Crippen LogP contribution in [0.3, 0.4) is 0 Å². The van der Waals surface area contributed by atoms with E-state index < -0.39 is 5.82 Å². The highest BCUT2D eigenvalue weighted by Crippen LogP contribution is 2.18.